The number of aromatic nitrogens is 1. The molecule has 0 amide bonds. The van der Waals surface area contributed by atoms with Crippen molar-refractivity contribution in [2.45, 2.75) is 25.2 Å². The lowest BCUT2D eigenvalue weighted by atomic mass is 10.0. The highest BCUT2D eigenvalue weighted by Gasteiger charge is 2.33. The number of thiazole rings is 1. The van der Waals surface area contributed by atoms with E-state index in [-0.39, 0.29) is 36.6 Å². The van der Waals surface area contributed by atoms with Crippen LogP contribution in [0.2, 0.25) is 0 Å². The first-order valence-electron chi connectivity index (χ1n) is 7.68. The maximum atomic E-state index is 12.6. The second-order valence-corrected chi connectivity index (χ2v) is 6.36. The van der Waals surface area contributed by atoms with Gasteiger partial charge in [-0.2, -0.15) is 13.2 Å². The van der Waals surface area contributed by atoms with Gasteiger partial charge in [-0.3, -0.25) is 4.99 Å². The number of hydrogen-bond donors (Lipinski definition) is 2. The van der Waals surface area contributed by atoms with E-state index in [9.17, 15) is 13.2 Å². The van der Waals surface area contributed by atoms with E-state index in [1.807, 2.05) is 24.3 Å². The van der Waals surface area contributed by atoms with E-state index in [1.165, 1.54) is 0 Å². The monoisotopic (exact) mass is 498 g/mol. The lowest BCUT2D eigenvalue weighted by Gasteiger charge is -2.27. The summed E-state index contributed by atoms with van der Waals surface area (Å²) in [7, 11) is 1.61. The highest BCUT2D eigenvalue weighted by molar-refractivity contribution is 14.0. The number of rotatable bonds is 3. The molecule has 0 spiro atoms. The van der Waals surface area contributed by atoms with Gasteiger partial charge in [-0.15, -0.1) is 35.3 Å². The van der Waals surface area contributed by atoms with Crippen LogP contribution < -0.4 is 15.4 Å². The molecule has 3 rings (SSSR count). The number of ether oxygens (including phenoxy) is 1. The summed E-state index contributed by atoms with van der Waals surface area (Å²) in [5.41, 5.74) is 0.168. The Labute approximate surface area is 170 Å². The van der Waals surface area contributed by atoms with Gasteiger partial charge in [0.1, 0.15) is 10.8 Å². The number of nitrogens with one attached hydrogen (secondary N) is 2. The summed E-state index contributed by atoms with van der Waals surface area (Å²) in [6, 6.07) is 7.77. The normalized spacial score (nSPS) is 16.9. The van der Waals surface area contributed by atoms with Crippen molar-refractivity contribution in [2.24, 2.45) is 4.99 Å². The predicted octanol–water partition coefficient (Wildman–Crippen LogP) is 3.97. The van der Waals surface area contributed by atoms with Crippen LogP contribution in [0.15, 0.2) is 34.6 Å². The van der Waals surface area contributed by atoms with Crippen LogP contribution in [0.4, 0.5) is 13.2 Å². The summed E-state index contributed by atoms with van der Waals surface area (Å²) in [4.78, 5) is 7.73. The van der Waals surface area contributed by atoms with Crippen LogP contribution in [0.1, 0.15) is 28.7 Å². The minimum atomic E-state index is -4.42. The number of halogens is 4. The third kappa shape index (κ3) is 5.00. The van der Waals surface area contributed by atoms with Crippen molar-refractivity contribution in [1.82, 2.24) is 15.6 Å². The number of benzene rings is 1. The molecular weight excluding hydrogens is 480 g/mol. The van der Waals surface area contributed by atoms with Gasteiger partial charge < -0.3 is 15.4 Å². The van der Waals surface area contributed by atoms with E-state index < -0.39 is 11.9 Å². The maximum Gasteiger partial charge on any atom is 0.434 e. The SMILES string of the molecule is CN=C(NCc1nc(C(F)(F)F)cs1)NC1CCOc2ccccc21.I. The fourth-order valence-corrected chi connectivity index (χ4v) is 3.27. The Hall–Kier alpha value is -1.56. The van der Waals surface area contributed by atoms with Gasteiger partial charge >= 0.3 is 6.18 Å². The van der Waals surface area contributed by atoms with E-state index >= 15 is 0 Å². The molecule has 0 bridgehead atoms. The van der Waals surface area contributed by atoms with Crippen molar-refractivity contribution in [3.05, 3.63) is 45.9 Å². The van der Waals surface area contributed by atoms with Gasteiger partial charge in [0.2, 0.25) is 0 Å². The Kier molecular flexibility index (Phi) is 7.09. The molecule has 0 saturated heterocycles. The van der Waals surface area contributed by atoms with E-state index in [0.717, 1.165) is 34.5 Å². The molecule has 1 atom stereocenters. The quantitative estimate of drug-likeness (QED) is 0.382. The second-order valence-electron chi connectivity index (χ2n) is 5.42. The van der Waals surface area contributed by atoms with Gasteiger partial charge in [0.15, 0.2) is 11.7 Å². The number of aliphatic imine (C=N–C) groups is 1. The first kappa shape index (κ1) is 20.7. The summed E-state index contributed by atoms with van der Waals surface area (Å²) < 4.78 is 43.4. The van der Waals surface area contributed by atoms with Crippen molar-refractivity contribution < 1.29 is 17.9 Å². The van der Waals surface area contributed by atoms with Gasteiger partial charge in [-0.1, -0.05) is 18.2 Å². The molecule has 2 heterocycles. The molecule has 1 aromatic heterocycles. The molecule has 0 saturated carbocycles. The molecule has 1 aromatic carbocycles. The Balaban J connectivity index is 0.00000243. The molecule has 2 N–H and O–H groups in total. The highest BCUT2D eigenvalue weighted by Crippen LogP contribution is 2.32. The zero-order valence-electron chi connectivity index (χ0n) is 13.8. The van der Waals surface area contributed by atoms with E-state index in [4.69, 9.17) is 4.74 Å². The van der Waals surface area contributed by atoms with Crippen LogP contribution in [0.25, 0.3) is 0 Å². The van der Waals surface area contributed by atoms with Crippen LogP contribution in [0.5, 0.6) is 5.75 Å². The van der Waals surface area contributed by atoms with Crippen LogP contribution >= 0.6 is 35.3 Å². The number of nitrogens with zero attached hydrogens (tertiary/aromatic N) is 2. The van der Waals surface area contributed by atoms with Crippen molar-refractivity contribution in [3.8, 4) is 5.75 Å². The second kappa shape index (κ2) is 8.89. The van der Waals surface area contributed by atoms with Gasteiger partial charge in [0, 0.05) is 24.4 Å². The molecule has 0 radical (unpaired) electrons. The van der Waals surface area contributed by atoms with Gasteiger partial charge in [-0.05, 0) is 6.07 Å². The number of para-hydroxylation sites is 1. The number of hydrogen-bond acceptors (Lipinski definition) is 4. The lowest BCUT2D eigenvalue weighted by molar-refractivity contribution is -0.140. The molecular formula is C16H18F3IN4OS. The van der Waals surface area contributed by atoms with E-state index in [1.54, 1.807) is 7.05 Å². The van der Waals surface area contributed by atoms with Crippen molar-refractivity contribution in [1.29, 1.82) is 0 Å². The van der Waals surface area contributed by atoms with Gasteiger partial charge in [-0.25, -0.2) is 4.98 Å². The standard InChI is InChI=1S/C16H17F3N4OS.HI/c1-20-15(21-8-14-23-13(9-25-14)16(17,18)19)22-11-6-7-24-12-5-3-2-4-10(11)12;/h2-5,9,11H,6-8H2,1H3,(H2,20,21,22);1H. The Morgan fingerprint density at radius 2 is 2.15 bits per heavy atom. The van der Waals surface area contributed by atoms with Gasteiger partial charge in [0.05, 0.1) is 19.2 Å². The van der Waals surface area contributed by atoms with Crippen LogP contribution in [-0.4, -0.2) is 24.6 Å². The topological polar surface area (TPSA) is 58.5 Å². The molecule has 26 heavy (non-hydrogen) atoms. The molecule has 1 aliphatic rings. The lowest BCUT2D eigenvalue weighted by Crippen LogP contribution is -2.40. The Morgan fingerprint density at radius 1 is 1.38 bits per heavy atom. The summed E-state index contributed by atoms with van der Waals surface area (Å²) in [5.74, 6) is 1.34. The minimum absolute atomic E-state index is 0. The summed E-state index contributed by atoms with van der Waals surface area (Å²) >= 11 is 0.967. The largest absolute Gasteiger partial charge is 0.493 e. The van der Waals surface area contributed by atoms with Crippen LogP contribution in [0, 0.1) is 0 Å². The molecule has 10 heteroatoms. The molecule has 1 aliphatic heterocycles. The Bertz CT molecular complexity index is 766. The van der Waals surface area contributed by atoms with Crippen molar-refractivity contribution >= 4 is 41.3 Å². The highest BCUT2D eigenvalue weighted by atomic mass is 127. The zero-order valence-corrected chi connectivity index (χ0v) is 17.0. The average molecular weight is 498 g/mol. The van der Waals surface area contributed by atoms with E-state index in [2.05, 4.69) is 20.6 Å². The molecule has 0 fully saturated rings. The molecule has 0 aliphatic carbocycles. The fraction of sp³-hybridized carbons (Fsp3) is 0.375. The predicted molar refractivity (Wildman–Crippen MR) is 105 cm³/mol. The molecule has 2 aromatic rings. The number of fused-ring (bicyclic) bond motifs is 1. The van der Waals surface area contributed by atoms with Gasteiger partial charge in [0.25, 0.3) is 0 Å². The number of alkyl halides is 3. The van der Waals surface area contributed by atoms with Crippen molar-refractivity contribution in [3.63, 3.8) is 0 Å². The van der Waals surface area contributed by atoms with Crippen molar-refractivity contribution in [2.75, 3.05) is 13.7 Å². The molecule has 142 valence electrons. The Morgan fingerprint density at radius 3 is 2.85 bits per heavy atom. The summed E-state index contributed by atoms with van der Waals surface area (Å²) in [5, 5.41) is 7.66. The maximum absolute atomic E-state index is 12.6. The number of guanidine groups is 1. The molecule has 1 unspecified atom stereocenters. The average Bonchev–Trinajstić information content (AvgIpc) is 3.08. The third-order valence-electron chi connectivity index (χ3n) is 3.74. The summed E-state index contributed by atoms with van der Waals surface area (Å²) in [6.45, 7) is 0.762. The minimum Gasteiger partial charge on any atom is -0.493 e. The van der Waals surface area contributed by atoms with Crippen LogP contribution in [-0.2, 0) is 12.7 Å². The zero-order chi connectivity index (χ0) is 17.9. The van der Waals surface area contributed by atoms with E-state index in [0.29, 0.717) is 17.6 Å². The third-order valence-corrected chi connectivity index (χ3v) is 4.59. The smallest absolute Gasteiger partial charge is 0.434 e. The first-order valence-corrected chi connectivity index (χ1v) is 8.56. The summed E-state index contributed by atoms with van der Waals surface area (Å²) in [6.07, 6.45) is -3.65. The fourth-order valence-electron chi connectivity index (χ4n) is 2.53. The molecule has 5 nitrogen and oxygen atoms in total. The van der Waals surface area contributed by atoms with Crippen LogP contribution in [0.3, 0.4) is 0 Å². The first-order chi connectivity index (χ1) is 12.0.